The molecule has 166 valence electrons. The van der Waals surface area contributed by atoms with Gasteiger partial charge in [0.15, 0.2) is 5.75 Å². The van der Waals surface area contributed by atoms with Gasteiger partial charge in [-0.25, -0.2) is 0 Å². The number of carbonyl (C=O) groups is 1. The van der Waals surface area contributed by atoms with Gasteiger partial charge in [-0.1, -0.05) is 60.1 Å². The first-order chi connectivity index (χ1) is 15.6. The zero-order chi connectivity index (χ0) is 22.3. The fraction of sp³-hybridized carbons (Fsp3) is 0.280. The number of aromatic amines is 1. The van der Waals surface area contributed by atoms with Crippen molar-refractivity contribution >= 4 is 17.5 Å². The highest BCUT2D eigenvalue weighted by molar-refractivity contribution is 6.31. The van der Waals surface area contributed by atoms with Crippen LogP contribution in [0, 0.1) is 0 Å². The molecule has 1 aliphatic heterocycles. The van der Waals surface area contributed by atoms with Crippen LogP contribution in [0.3, 0.4) is 0 Å². The van der Waals surface area contributed by atoms with E-state index in [-0.39, 0.29) is 35.4 Å². The van der Waals surface area contributed by atoms with Crippen molar-refractivity contribution in [3.05, 3.63) is 98.9 Å². The maximum absolute atomic E-state index is 12.6. The van der Waals surface area contributed by atoms with Crippen LogP contribution < -0.4 is 15.5 Å². The van der Waals surface area contributed by atoms with Crippen LogP contribution >= 0.6 is 11.6 Å². The van der Waals surface area contributed by atoms with Crippen LogP contribution in [-0.4, -0.2) is 34.9 Å². The number of pyridine rings is 1. The Labute approximate surface area is 192 Å². The summed E-state index contributed by atoms with van der Waals surface area (Å²) in [5.74, 6) is -0.128. The second kappa shape index (κ2) is 10.5. The topological polar surface area (TPSA) is 74.4 Å². The first-order valence-electron chi connectivity index (χ1n) is 10.7. The number of hydrogen-bond donors (Lipinski definition) is 2. The summed E-state index contributed by atoms with van der Waals surface area (Å²) in [7, 11) is 0. The minimum atomic E-state index is -0.348. The average Bonchev–Trinajstić information content (AvgIpc) is 2.81. The molecule has 7 heteroatoms. The minimum Gasteiger partial charge on any atom is -0.483 e. The highest BCUT2D eigenvalue weighted by atomic mass is 35.5. The van der Waals surface area contributed by atoms with Gasteiger partial charge in [0.25, 0.3) is 5.91 Å². The van der Waals surface area contributed by atoms with E-state index in [0.29, 0.717) is 5.02 Å². The molecular weight excluding hydrogens is 426 g/mol. The molecule has 0 bridgehead atoms. The number of nitrogens with one attached hydrogen (secondary N) is 2. The van der Waals surface area contributed by atoms with E-state index >= 15 is 0 Å². The first-order valence-corrected chi connectivity index (χ1v) is 11.1. The summed E-state index contributed by atoms with van der Waals surface area (Å²) >= 11 is 6.12. The molecule has 1 fully saturated rings. The summed E-state index contributed by atoms with van der Waals surface area (Å²) in [6.07, 6.45) is 3.18. The summed E-state index contributed by atoms with van der Waals surface area (Å²) < 4.78 is 5.58. The lowest BCUT2D eigenvalue weighted by Crippen LogP contribution is -2.44. The minimum absolute atomic E-state index is 0.0918. The van der Waals surface area contributed by atoms with Crippen molar-refractivity contribution in [1.29, 1.82) is 0 Å². The van der Waals surface area contributed by atoms with Crippen LogP contribution in [0.5, 0.6) is 5.75 Å². The highest BCUT2D eigenvalue weighted by Crippen LogP contribution is 2.17. The van der Waals surface area contributed by atoms with Gasteiger partial charge in [-0.2, -0.15) is 0 Å². The number of ether oxygens (including phenoxy) is 1. The molecule has 0 spiro atoms. The Kier molecular flexibility index (Phi) is 7.24. The van der Waals surface area contributed by atoms with Gasteiger partial charge < -0.3 is 15.0 Å². The summed E-state index contributed by atoms with van der Waals surface area (Å²) in [5, 5.41) is 3.62. The Bertz CT molecular complexity index is 1110. The Morgan fingerprint density at radius 1 is 1.09 bits per heavy atom. The van der Waals surface area contributed by atoms with Crippen molar-refractivity contribution in [3.8, 4) is 5.75 Å². The Morgan fingerprint density at radius 2 is 1.81 bits per heavy atom. The van der Waals surface area contributed by atoms with Gasteiger partial charge in [0, 0.05) is 48.5 Å². The van der Waals surface area contributed by atoms with E-state index in [1.165, 1.54) is 17.8 Å². The lowest BCUT2D eigenvalue weighted by molar-refractivity contribution is 0.0903. The third-order valence-corrected chi connectivity index (χ3v) is 6.00. The Balaban J connectivity index is 1.28. The van der Waals surface area contributed by atoms with Gasteiger partial charge >= 0.3 is 0 Å². The molecule has 2 N–H and O–H groups in total. The predicted octanol–water partition coefficient (Wildman–Crippen LogP) is 4.00. The Hall–Kier alpha value is -3.09. The van der Waals surface area contributed by atoms with Crippen molar-refractivity contribution in [2.75, 3.05) is 13.1 Å². The van der Waals surface area contributed by atoms with Crippen LogP contribution in [-0.2, 0) is 13.2 Å². The molecule has 1 amide bonds. The maximum atomic E-state index is 12.6. The monoisotopic (exact) mass is 451 g/mol. The number of H-pyrrole nitrogens is 1. The van der Waals surface area contributed by atoms with Crippen molar-refractivity contribution in [3.63, 3.8) is 0 Å². The van der Waals surface area contributed by atoms with E-state index in [0.717, 1.165) is 38.0 Å². The first kappa shape index (κ1) is 22.1. The standard InChI is InChI=1S/C25H26ClN3O3/c26-21-9-5-4-8-19(21)17-32-24-15-27-22(14-23(24)30)25(31)28-20-10-12-29(13-11-20)16-18-6-2-1-3-7-18/h1-9,14-15,20H,10-13,16-17H2,(H,27,30)(H,28,31). The normalized spacial score (nSPS) is 14.8. The van der Waals surface area contributed by atoms with Crippen LogP contribution in [0.15, 0.2) is 71.7 Å². The van der Waals surface area contributed by atoms with Crippen LogP contribution in [0.1, 0.15) is 34.5 Å². The molecule has 1 saturated heterocycles. The number of likely N-dealkylation sites (tertiary alicyclic amines) is 1. The van der Waals surface area contributed by atoms with Gasteiger partial charge in [-0.3, -0.25) is 14.5 Å². The third kappa shape index (κ3) is 5.78. The van der Waals surface area contributed by atoms with Crippen LogP contribution in [0.2, 0.25) is 5.02 Å². The van der Waals surface area contributed by atoms with E-state index in [1.807, 2.05) is 24.3 Å². The molecule has 4 rings (SSSR count). The second-order valence-corrected chi connectivity index (χ2v) is 8.37. The maximum Gasteiger partial charge on any atom is 0.268 e. The van der Waals surface area contributed by atoms with Crippen molar-refractivity contribution in [2.45, 2.75) is 32.0 Å². The molecule has 0 radical (unpaired) electrons. The predicted molar refractivity (Wildman–Crippen MR) is 125 cm³/mol. The number of carbonyl (C=O) groups excluding carboxylic acids is 1. The van der Waals surface area contributed by atoms with Crippen LogP contribution in [0.25, 0.3) is 0 Å². The zero-order valence-corrected chi connectivity index (χ0v) is 18.5. The number of aromatic nitrogens is 1. The molecule has 0 unspecified atom stereocenters. The number of amides is 1. The number of benzene rings is 2. The number of rotatable bonds is 7. The molecule has 1 aliphatic rings. The zero-order valence-electron chi connectivity index (χ0n) is 17.7. The summed E-state index contributed by atoms with van der Waals surface area (Å²) in [6, 6.07) is 19.1. The molecule has 0 saturated carbocycles. The highest BCUT2D eigenvalue weighted by Gasteiger charge is 2.22. The Morgan fingerprint density at radius 3 is 2.53 bits per heavy atom. The van der Waals surface area contributed by atoms with E-state index in [4.69, 9.17) is 16.3 Å². The summed E-state index contributed by atoms with van der Waals surface area (Å²) in [6.45, 7) is 2.94. The molecule has 32 heavy (non-hydrogen) atoms. The molecule has 0 aliphatic carbocycles. The lowest BCUT2D eigenvalue weighted by atomic mass is 10.0. The molecule has 2 aromatic carbocycles. The van der Waals surface area contributed by atoms with Gasteiger partial charge in [-0.15, -0.1) is 0 Å². The lowest BCUT2D eigenvalue weighted by Gasteiger charge is -2.32. The molecule has 6 nitrogen and oxygen atoms in total. The van der Waals surface area contributed by atoms with E-state index < -0.39 is 0 Å². The number of nitrogens with zero attached hydrogens (tertiary/aromatic N) is 1. The smallest absolute Gasteiger partial charge is 0.268 e. The largest absolute Gasteiger partial charge is 0.483 e. The fourth-order valence-corrected chi connectivity index (χ4v) is 4.00. The van der Waals surface area contributed by atoms with Gasteiger partial charge in [0.05, 0.1) is 0 Å². The molecular formula is C25H26ClN3O3. The number of halogens is 1. The van der Waals surface area contributed by atoms with E-state index in [9.17, 15) is 9.59 Å². The summed E-state index contributed by atoms with van der Waals surface area (Å²) in [4.78, 5) is 30.3. The quantitative estimate of drug-likeness (QED) is 0.569. The third-order valence-electron chi connectivity index (χ3n) is 5.63. The SMILES string of the molecule is O=C(NC1CCN(Cc2ccccc2)CC1)c1cc(=O)c(OCc2ccccc2Cl)c[nH]1. The molecule has 1 aromatic heterocycles. The van der Waals surface area contributed by atoms with E-state index in [1.54, 1.807) is 6.07 Å². The number of piperidine rings is 1. The fourth-order valence-electron chi connectivity index (χ4n) is 3.81. The van der Waals surface area contributed by atoms with Gasteiger partial charge in [0.2, 0.25) is 5.43 Å². The molecule has 3 aromatic rings. The van der Waals surface area contributed by atoms with Crippen molar-refractivity contribution in [1.82, 2.24) is 15.2 Å². The van der Waals surface area contributed by atoms with Crippen LogP contribution in [0.4, 0.5) is 0 Å². The van der Waals surface area contributed by atoms with Gasteiger partial charge in [0.1, 0.15) is 12.3 Å². The molecule has 2 heterocycles. The number of hydrogen-bond acceptors (Lipinski definition) is 4. The van der Waals surface area contributed by atoms with E-state index in [2.05, 4.69) is 39.5 Å². The average molecular weight is 452 g/mol. The second-order valence-electron chi connectivity index (χ2n) is 7.96. The molecule has 0 atom stereocenters. The van der Waals surface area contributed by atoms with Crippen molar-refractivity contribution in [2.24, 2.45) is 0 Å². The van der Waals surface area contributed by atoms with Gasteiger partial charge in [-0.05, 0) is 24.5 Å². The summed E-state index contributed by atoms with van der Waals surface area (Å²) in [5.41, 5.74) is 1.96. The van der Waals surface area contributed by atoms with Crippen molar-refractivity contribution < 1.29 is 9.53 Å².